The molecule has 0 radical (unpaired) electrons. The number of nitrogens with one attached hydrogen (secondary N) is 3. The van der Waals surface area contributed by atoms with Gasteiger partial charge in [0.25, 0.3) is 11.8 Å². The van der Waals surface area contributed by atoms with Crippen LogP contribution in [-0.4, -0.2) is 36.3 Å². The number of rotatable bonds is 7. The first-order chi connectivity index (χ1) is 16.5. The molecule has 0 heterocycles. The summed E-state index contributed by atoms with van der Waals surface area (Å²) in [6, 6.07) is 10.9. The molecule has 2 aromatic rings. The zero-order valence-corrected chi connectivity index (χ0v) is 19.7. The molecule has 3 N–H and O–H groups in total. The summed E-state index contributed by atoms with van der Waals surface area (Å²) >= 11 is 0. The molecule has 3 amide bonds. The third-order valence-electron chi connectivity index (χ3n) is 6.13. The highest BCUT2D eigenvalue weighted by Crippen LogP contribution is 2.29. The highest BCUT2D eigenvalue weighted by molar-refractivity contribution is 5.97. The van der Waals surface area contributed by atoms with Crippen molar-refractivity contribution in [2.75, 3.05) is 6.54 Å². The van der Waals surface area contributed by atoms with Crippen LogP contribution < -0.4 is 16.0 Å². The van der Waals surface area contributed by atoms with E-state index in [0.717, 1.165) is 36.6 Å². The zero-order chi connectivity index (χ0) is 25.6. The number of benzene rings is 2. The number of hydrogen-bond acceptors (Lipinski definition) is 3. The molecule has 2 aromatic carbocycles. The van der Waals surface area contributed by atoms with Crippen molar-refractivity contribution < 1.29 is 27.6 Å². The highest BCUT2D eigenvalue weighted by atomic mass is 19.4. The molecule has 1 aliphatic carbocycles. The molecule has 0 saturated heterocycles. The first-order valence-corrected chi connectivity index (χ1v) is 11.7. The second kappa shape index (κ2) is 11.4. The molecule has 0 aliphatic heterocycles. The van der Waals surface area contributed by atoms with E-state index in [9.17, 15) is 27.6 Å². The van der Waals surface area contributed by atoms with Crippen LogP contribution in [0.1, 0.15) is 77.3 Å². The molecule has 35 heavy (non-hydrogen) atoms. The Kier molecular flexibility index (Phi) is 8.53. The van der Waals surface area contributed by atoms with Crippen LogP contribution >= 0.6 is 0 Å². The van der Waals surface area contributed by atoms with Crippen molar-refractivity contribution in [3.8, 4) is 0 Å². The largest absolute Gasteiger partial charge is 0.416 e. The quantitative estimate of drug-likeness (QED) is 0.538. The van der Waals surface area contributed by atoms with E-state index in [-0.39, 0.29) is 30.1 Å². The first-order valence-electron chi connectivity index (χ1n) is 11.7. The van der Waals surface area contributed by atoms with E-state index in [4.69, 9.17) is 0 Å². The fraction of sp³-hybridized carbons (Fsp3) is 0.423. The van der Waals surface area contributed by atoms with Crippen molar-refractivity contribution in [2.45, 2.75) is 63.7 Å². The van der Waals surface area contributed by atoms with Crippen LogP contribution in [0.2, 0.25) is 0 Å². The number of hydrogen-bond donors (Lipinski definition) is 3. The van der Waals surface area contributed by atoms with E-state index in [1.165, 1.54) is 6.07 Å². The predicted octanol–water partition coefficient (Wildman–Crippen LogP) is 4.42. The summed E-state index contributed by atoms with van der Waals surface area (Å²) < 4.78 is 38.6. The van der Waals surface area contributed by atoms with Crippen LogP contribution in [-0.2, 0) is 11.0 Å². The molecule has 2 atom stereocenters. The molecule has 1 aliphatic rings. The van der Waals surface area contributed by atoms with Crippen molar-refractivity contribution in [2.24, 2.45) is 0 Å². The van der Waals surface area contributed by atoms with Crippen molar-refractivity contribution in [3.63, 3.8) is 0 Å². The Morgan fingerprint density at radius 2 is 1.51 bits per heavy atom. The number of alkyl halides is 3. The lowest BCUT2D eigenvalue weighted by atomic mass is 9.90. The predicted molar refractivity (Wildman–Crippen MR) is 126 cm³/mol. The Balaban J connectivity index is 1.54. The van der Waals surface area contributed by atoms with Gasteiger partial charge < -0.3 is 16.0 Å². The van der Waals surface area contributed by atoms with Crippen LogP contribution in [0.15, 0.2) is 48.5 Å². The van der Waals surface area contributed by atoms with Gasteiger partial charge in [-0.05, 0) is 54.7 Å². The van der Waals surface area contributed by atoms with Crippen molar-refractivity contribution in [3.05, 3.63) is 70.8 Å². The van der Waals surface area contributed by atoms with E-state index < -0.39 is 23.6 Å². The van der Waals surface area contributed by atoms with Gasteiger partial charge >= 0.3 is 6.18 Å². The van der Waals surface area contributed by atoms with Crippen molar-refractivity contribution in [1.29, 1.82) is 0 Å². The Hall–Kier alpha value is -3.36. The van der Waals surface area contributed by atoms with E-state index >= 15 is 0 Å². The lowest BCUT2D eigenvalue weighted by Gasteiger charge is -2.33. The molecular formula is C26H30F3N3O3. The second-order valence-electron chi connectivity index (χ2n) is 9.08. The summed E-state index contributed by atoms with van der Waals surface area (Å²) in [6.45, 7) is 3.77. The summed E-state index contributed by atoms with van der Waals surface area (Å²) in [5, 5.41) is 8.20. The fourth-order valence-electron chi connectivity index (χ4n) is 4.10. The molecular weight excluding hydrogens is 459 g/mol. The van der Waals surface area contributed by atoms with Crippen LogP contribution in [0.25, 0.3) is 0 Å². The summed E-state index contributed by atoms with van der Waals surface area (Å²) in [5.74, 6) is -1.11. The van der Waals surface area contributed by atoms with Gasteiger partial charge in [-0.1, -0.05) is 44.9 Å². The van der Waals surface area contributed by atoms with Gasteiger partial charge in [-0.2, -0.15) is 13.2 Å². The smallest absolute Gasteiger partial charge is 0.350 e. The van der Waals surface area contributed by atoms with Gasteiger partial charge in [-0.15, -0.1) is 0 Å². The lowest BCUT2D eigenvalue weighted by molar-refractivity contribution is -0.137. The Morgan fingerprint density at radius 1 is 0.886 bits per heavy atom. The average molecular weight is 490 g/mol. The maximum atomic E-state index is 12.9. The first kappa shape index (κ1) is 26.2. The third kappa shape index (κ3) is 7.31. The second-order valence-corrected chi connectivity index (χ2v) is 9.08. The maximum absolute atomic E-state index is 12.9. The normalized spacial score (nSPS) is 18.1. The van der Waals surface area contributed by atoms with E-state index in [2.05, 4.69) is 29.8 Å². The Bertz CT molecular complexity index is 1050. The molecule has 3 rings (SSSR count). The molecule has 1 saturated carbocycles. The lowest BCUT2D eigenvalue weighted by Crippen LogP contribution is -2.54. The van der Waals surface area contributed by atoms with E-state index in [1.54, 1.807) is 12.1 Å². The molecule has 9 heteroatoms. The van der Waals surface area contributed by atoms with Gasteiger partial charge in [0.05, 0.1) is 12.1 Å². The molecule has 0 aromatic heterocycles. The minimum Gasteiger partial charge on any atom is -0.350 e. The van der Waals surface area contributed by atoms with Gasteiger partial charge in [0.15, 0.2) is 0 Å². The topological polar surface area (TPSA) is 87.3 Å². The minimum atomic E-state index is -4.56. The fourth-order valence-corrected chi connectivity index (χ4v) is 4.10. The number of carbonyl (C=O) groups is 3. The number of carbonyl (C=O) groups excluding carboxylic acids is 3. The van der Waals surface area contributed by atoms with Gasteiger partial charge in [0, 0.05) is 23.2 Å². The van der Waals surface area contributed by atoms with Gasteiger partial charge in [-0.3, -0.25) is 14.4 Å². The van der Waals surface area contributed by atoms with Gasteiger partial charge in [-0.25, -0.2) is 0 Å². The van der Waals surface area contributed by atoms with E-state index in [1.807, 2.05) is 12.1 Å². The summed E-state index contributed by atoms with van der Waals surface area (Å²) in [4.78, 5) is 37.4. The van der Waals surface area contributed by atoms with E-state index in [0.29, 0.717) is 24.3 Å². The van der Waals surface area contributed by atoms with Crippen LogP contribution in [0.3, 0.4) is 0 Å². The van der Waals surface area contributed by atoms with Crippen LogP contribution in [0.4, 0.5) is 13.2 Å². The Labute approximate surface area is 202 Å². The summed E-state index contributed by atoms with van der Waals surface area (Å²) in [7, 11) is 0. The van der Waals surface area contributed by atoms with Crippen LogP contribution in [0.5, 0.6) is 0 Å². The monoisotopic (exact) mass is 489 g/mol. The number of halogens is 3. The van der Waals surface area contributed by atoms with Crippen molar-refractivity contribution in [1.82, 2.24) is 16.0 Å². The molecule has 0 bridgehead atoms. The zero-order valence-electron chi connectivity index (χ0n) is 19.7. The molecule has 6 nitrogen and oxygen atoms in total. The van der Waals surface area contributed by atoms with Gasteiger partial charge in [0.1, 0.15) is 0 Å². The van der Waals surface area contributed by atoms with Crippen molar-refractivity contribution >= 4 is 17.7 Å². The third-order valence-corrected chi connectivity index (χ3v) is 6.13. The summed E-state index contributed by atoms with van der Waals surface area (Å²) in [5.41, 5.74) is 0.558. The maximum Gasteiger partial charge on any atom is 0.416 e. The van der Waals surface area contributed by atoms with Gasteiger partial charge in [0.2, 0.25) is 5.91 Å². The molecule has 188 valence electrons. The van der Waals surface area contributed by atoms with Crippen LogP contribution in [0, 0.1) is 0 Å². The SMILES string of the molecule is CC(C)c1ccc(C(=O)N[C@H]2CCCC[C@H]2NC(=O)CNC(=O)c2cccc(C(F)(F)F)c2)cc1. The molecule has 0 unspecified atom stereocenters. The highest BCUT2D eigenvalue weighted by Gasteiger charge is 2.31. The summed E-state index contributed by atoms with van der Waals surface area (Å²) in [6.07, 6.45) is -1.39. The average Bonchev–Trinajstić information content (AvgIpc) is 2.83. The standard InChI is InChI=1S/C26H30F3N3O3/c1-16(2)17-10-12-18(13-11-17)25(35)32-22-9-4-3-8-21(22)31-23(33)15-30-24(34)19-6-5-7-20(14-19)26(27,28)29/h5-7,10-14,16,21-22H,3-4,8-9,15H2,1-2H3,(H,30,34)(H,31,33)(H,32,35)/t21-,22+/m1/s1. The minimum absolute atomic E-state index is 0.182. The Morgan fingerprint density at radius 3 is 2.11 bits per heavy atom. The molecule has 1 fully saturated rings. The molecule has 0 spiro atoms. The number of amides is 3.